The van der Waals surface area contributed by atoms with Gasteiger partial charge in [-0.05, 0) is 24.0 Å². The number of hydrogen-bond acceptors (Lipinski definition) is 3. The molecule has 0 fully saturated rings. The second-order valence-electron chi connectivity index (χ2n) is 3.66. The van der Waals surface area contributed by atoms with E-state index in [4.69, 9.17) is 9.05 Å². The lowest BCUT2D eigenvalue weighted by Crippen LogP contribution is -1.99. The smallest absolute Gasteiger partial charge is 0.312 e. The Labute approximate surface area is 89.9 Å². The molecule has 0 amide bonds. The van der Waals surface area contributed by atoms with E-state index in [1.807, 2.05) is 18.2 Å². The molecule has 0 N–H and O–H groups in total. The third kappa shape index (κ3) is 1.76. The van der Waals surface area contributed by atoms with Crippen LogP contribution in [-0.4, -0.2) is 14.2 Å². The molecule has 1 aromatic carbocycles. The highest BCUT2D eigenvalue weighted by molar-refractivity contribution is 7.54. The highest BCUT2D eigenvalue weighted by Gasteiger charge is 2.39. The molecule has 0 heterocycles. The molecule has 0 radical (unpaired) electrons. The summed E-state index contributed by atoms with van der Waals surface area (Å²) in [7, 11) is -0.0619. The van der Waals surface area contributed by atoms with Crippen LogP contribution in [0, 0.1) is 0 Å². The lowest BCUT2D eigenvalue weighted by Gasteiger charge is -2.20. The molecule has 1 aliphatic carbocycles. The Kier molecular flexibility index (Phi) is 2.96. The zero-order valence-corrected chi connectivity index (χ0v) is 9.87. The number of fused-ring (bicyclic) bond motifs is 1. The maximum Gasteiger partial charge on any atom is 0.337 e. The summed E-state index contributed by atoms with van der Waals surface area (Å²) in [5, 5.41) is 0. The Morgan fingerprint density at radius 3 is 2.60 bits per heavy atom. The Hall–Kier alpha value is -0.630. The van der Waals surface area contributed by atoms with E-state index in [1.165, 1.54) is 19.8 Å². The quantitative estimate of drug-likeness (QED) is 0.742. The van der Waals surface area contributed by atoms with Gasteiger partial charge in [-0.2, -0.15) is 0 Å². The van der Waals surface area contributed by atoms with E-state index in [-0.39, 0.29) is 5.66 Å². The largest absolute Gasteiger partial charge is 0.337 e. The maximum absolute atomic E-state index is 12.3. The van der Waals surface area contributed by atoms with E-state index >= 15 is 0 Å². The van der Waals surface area contributed by atoms with Crippen molar-refractivity contribution in [1.82, 2.24) is 0 Å². The van der Waals surface area contributed by atoms with E-state index < -0.39 is 7.60 Å². The molecule has 82 valence electrons. The second-order valence-corrected chi connectivity index (χ2v) is 6.09. The molecule has 2 rings (SSSR count). The van der Waals surface area contributed by atoms with Crippen molar-refractivity contribution >= 4 is 7.60 Å². The van der Waals surface area contributed by atoms with Crippen molar-refractivity contribution in [3.8, 4) is 0 Å². The third-order valence-corrected chi connectivity index (χ3v) is 5.31. The van der Waals surface area contributed by atoms with Gasteiger partial charge in [-0.15, -0.1) is 0 Å². The zero-order valence-electron chi connectivity index (χ0n) is 8.97. The normalized spacial score (nSPS) is 20.3. The van der Waals surface area contributed by atoms with E-state index in [1.54, 1.807) is 0 Å². The van der Waals surface area contributed by atoms with Gasteiger partial charge in [0, 0.05) is 14.2 Å². The van der Waals surface area contributed by atoms with Crippen LogP contribution >= 0.6 is 7.60 Å². The lowest BCUT2D eigenvalue weighted by atomic mass is 10.1. The van der Waals surface area contributed by atoms with Crippen molar-refractivity contribution in [3.05, 3.63) is 35.4 Å². The van der Waals surface area contributed by atoms with Gasteiger partial charge in [-0.1, -0.05) is 24.3 Å². The van der Waals surface area contributed by atoms with Crippen LogP contribution in [0.1, 0.15) is 23.2 Å². The predicted molar refractivity (Wildman–Crippen MR) is 59.1 cm³/mol. The monoisotopic (exact) mass is 226 g/mol. The van der Waals surface area contributed by atoms with Gasteiger partial charge in [-0.3, -0.25) is 4.57 Å². The minimum atomic E-state index is -2.96. The molecule has 1 aromatic rings. The first-order valence-corrected chi connectivity index (χ1v) is 6.61. The van der Waals surface area contributed by atoms with E-state index in [0.29, 0.717) is 0 Å². The van der Waals surface area contributed by atoms with Crippen molar-refractivity contribution in [2.24, 2.45) is 0 Å². The van der Waals surface area contributed by atoms with Crippen LogP contribution in [0.5, 0.6) is 0 Å². The number of aryl methyl sites for hydroxylation is 1. The molecule has 0 aliphatic heterocycles. The first-order chi connectivity index (χ1) is 7.21. The topological polar surface area (TPSA) is 35.5 Å². The summed E-state index contributed by atoms with van der Waals surface area (Å²) >= 11 is 0. The molecule has 1 aliphatic rings. The predicted octanol–water partition coefficient (Wildman–Crippen LogP) is 3.16. The average molecular weight is 226 g/mol. The zero-order chi connectivity index (χ0) is 10.9. The minimum absolute atomic E-state index is 0.0938. The van der Waals surface area contributed by atoms with E-state index in [9.17, 15) is 4.57 Å². The first-order valence-electron chi connectivity index (χ1n) is 5.00. The van der Waals surface area contributed by atoms with Crippen LogP contribution in [0.2, 0.25) is 0 Å². The van der Waals surface area contributed by atoms with Crippen LogP contribution in [-0.2, 0) is 20.0 Å². The van der Waals surface area contributed by atoms with Crippen LogP contribution in [0.4, 0.5) is 0 Å². The second kappa shape index (κ2) is 4.09. The van der Waals surface area contributed by atoms with Crippen LogP contribution in [0.25, 0.3) is 0 Å². The average Bonchev–Trinajstić information content (AvgIpc) is 2.72. The SMILES string of the molecule is COP(=O)(OC)C1CCc2ccccc21. The molecule has 3 nitrogen and oxygen atoms in total. The summed E-state index contributed by atoms with van der Waals surface area (Å²) < 4.78 is 22.4. The van der Waals surface area contributed by atoms with Crippen LogP contribution < -0.4 is 0 Å². The third-order valence-electron chi connectivity index (χ3n) is 2.99. The molecule has 15 heavy (non-hydrogen) atoms. The fraction of sp³-hybridized carbons (Fsp3) is 0.455. The summed E-state index contributed by atoms with van der Waals surface area (Å²) in [4.78, 5) is 0. The van der Waals surface area contributed by atoms with E-state index in [0.717, 1.165) is 18.4 Å². The summed E-state index contributed by atoms with van der Waals surface area (Å²) in [6, 6.07) is 8.06. The number of benzene rings is 1. The molecular formula is C11H15O3P. The Morgan fingerprint density at radius 1 is 1.27 bits per heavy atom. The molecule has 0 aromatic heterocycles. The molecule has 0 saturated heterocycles. The molecule has 0 saturated carbocycles. The fourth-order valence-corrected chi connectivity index (χ4v) is 3.89. The summed E-state index contributed by atoms with van der Waals surface area (Å²) in [6.07, 6.45) is 1.80. The van der Waals surface area contributed by atoms with Crippen molar-refractivity contribution in [2.45, 2.75) is 18.5 Å². The fourth-order valence-electron chi connectivity index (χ4n) is 2.19. The highest BCUT2D eigenvalue weighted by atomic mass is 31.2. The van der Waals surface area contributed by atoms with Crippen molar-refractivity contribution in [3.63, 3.8) is 0 Å². The summed E-state index contributed by atoms with van der Waals surface area (Å²) in [5.41, 5.74) is 2.28. The van der Waals surface area contributed by atoms with Crippen molar-refractivity contribution in [1.29, 1.82) is 0 Å². The number of hydrogen-bond donors (Lipinski definition) is 0. The molecule has 1 unspecified atom stereocenters. The Balaban J connectivity index is 2.39. The first kappa shape index (κ1) is 10.9. The molecule has 0 bridgehead atoms. The minimum Gasteiger partial charge on any atom is -0.312 e. The molecule has 0 spiro atoms. The van der Waals surface area contributed by atoms with Crippen LogP contribution in [0.15, 0.2) is 24.3 Å². The summed E-state index contributed by atoms with van der Waals surface area (Å²) in [6.45, 7) is 0. The van der Waals surface area contributed by atoms with Gasteiger partial charge in [0.1, 0.15) is 0 Å². The van der Waals surface area contributed by atoms with Crippen molar-refractivity contribution < 1.29 is 13.6 Å². The molecule has 4 heteroatoms. The Morgan fingerprint density at radius 2 is 1.93 bits per heavy atom. The number of rotatable bonds is 3. The van der Waals surface area contributed by atoms with Gasteiger partial charge < -0.3 is 9.05 Å². The van der Waals surface area contributed by atoms with Gasteiger partial charge in [-0.25, -0.2) is 0 Å². The van der Waals surface area contributed by atoms with Gasteiger partial charge in [0.2, 0.25) is 0 Å². The van der Waals surface area contributed by atoms with Crippen molar-refractivity contribution in [2.75, 3.05) is 14.2 Å². The van der Waals surface area contributed by atoms with Gasteiger partial charge in [0.25, 0.3) is 0 Å². The van der Waals surface area contributed by atoms with Crippen LogP contribution in [0.3, 0.4) is 0 Å². The Bertz CT molecular complexity index is 395. The van der Waals surface area contributed by atoms with Gasteiger partial charge in [0.05, 0.1) is 5.66 Å². The van der Waals surface area contributed by atoms with Gasteiger partial charge in [0.15, 0.2) is 0 Å². The van der Waals surface area contributed by atoms with E-state index in [2.05, 4.69) is 6.07 Å². The lowest BCUT2D eigenvalue weighted by molar-refractivity contribution is 0.265. The van der Waals surface area contributed by atoms with Gasteiger partial charge >= 0.3 is 7.60 Å². The molecule has 1 atom stereocenters. The highest BCUT2D eigenvalue weighted by Crippen LogP contribution is 2.64. The molecular weight excluding hydrogens is 211 g/mol. The summed E-state index contributed by atoms with van der Waals surface area (Å²) in [5.74, 6) is 0. The maximum atomic E-state index is 12.3. The standard InChI is InChI=1S/C11H15O3P/c1-13-15(12,14-2)11-8-7-9-5-3-4-6-10(9)11/h3-6,11H,7-8H2,1-2H3.